The lowest BCUT2D eigenvalue weighted by Gasteiger charge is -2.29. The normalized spacial score (nSPS) is 15.4. The van der Waals surface area contributed by atoms with Crippen molar-refractivity contribution in [2.24, 2.45) is 0 Å². The molecule has 1 fully saturated rings. The molecule has 8 nitrogen and oxygen atoms in total. The minimum absolute atomic E-state index is 0.158. The Bertz CT molecular complexity index is 1350. The maximum atomic E-state index is 12.5. The zero-order valence-electron chi connectivity index (χ0n) is 21.4. The second-order valence-corrected chi connectivity index (χ2v) is 9.58. The molecule has 38 heavy (non-hydrogen) atoms. The number of morpholine rings is 1. The fraction of sp³-hybridized carbons (Fsp3) is 0.300. The van der Waals surface area contributed by atoms with Gasteiger partial charge in [-0.1, -0.05) is 54.6 Å². The first-order valence-electron chi connectivity index (χ1n) is 12.8. The van der Waals surface area contributed by atoms with E-state index >= 15 is 0 Å². The highest BCUT2D eigenvalue weighted by Gasteiger charge is 2.30. The van der Waals surface area contributed by atoms with Gasteiger partial charge in [0.15, 0.2) is 0 Å². The van der Waals surface area contributed by atoms with Crippen LogP contribution in [0.5, 0.6) is 0 Å². The van der Waals surface area contributed by atoms with Gasteiger partial charge in [0.05, 0.1) is 19.1 Å². The fourth-order valence-corrected chi connectivity index (χ4v) is 5.26. The molecule has 0 spiro atoms. The molecule has 1 aliphatic carbocycles. The molecule has 1 aliphatic heterocycles. The standard InChI is InChI=1S/C30H31N3O5/c1-21-25(8-5-9-29(21)31-30(34)38-20-22-6-3-2-4-7-22)28(19-33(35)36)27-12-10-23-18-24(11-13-26(23)27)32-14-16-37-17-15-32/h2-9,11-13,18,28H,10,14-17,19-20H2,1H3,(H,31,34). The van der Waals surface area contributed by atoms with Crippen molar-refractivity contribution in [3.05, 3.63) is 111 Å². The molecule has 3 aromatic carbocycles. The number of benzene rings is 3. The molecule has 5 rings (SSSR count). The van der Waals surface area contributed by atoms with Crippen molar-refractivity contribution in [3.63, 3.8) is 0 Å². The molecule has 2 aliphatic rings. The number of fused-ring (bicyclic) bond motifs is 1. The van der Waals surface area contributed by atoms with Crippen LogP contribution in [0.4, 0.5) is 16.2 Å². The van der Waals surface area contributed by atoms with Crippen LogP contribution < -0.4 is 10.2 Å². The summed E-state index contributed by atoms with van der Waals surface area (Å²) in [5, 5.41) is 14.6. The number of amides is 1. The van der Waals surface area contributed by atoms with E-state index in [2.05, 4.69) is 34.5 Å². The fourth-order valence-electron chi connectivity index (χ4n) is 5.26. The van der Waals surface area contributed by atoms with E-state index in [9.17, 15) is 14.9 Å². The zero-order valence-corrected chi connectivity index (χ0v) is 21.4. The Morgan fingerprint density at radius 2 is 1.89 bits per heavy atom. The molecule has 1 amide bonds. The van der Waals surface area contributed by atoms with Crippen molar-refractivity contribution < 1.29 is 19.2 Å². The van der Waals surface area contributed by atoms with Gasteiger partial charge < -0.3 is 14.4 Å². The third-order valence-corrected chi connectivity index (χ3v) is 7.23. The highest BCUT2D eigenvalue weighted by molar-refractivity contribution is 5.87. The number of hydrogen-bond donors (Lipinski definition) is 1. The van der Waals surface area contributed by atoms with E-state index < -0.39 is 12.0 Å². The van der Waals surface area contributed by atoms with Gasteiger partial charge in [-0.05, 0) is 64.9 Å². The monoisotopic (exact) mass is 513 g/mol. The number of nitrogens with one attached hydrogen (secondary N) is 1. The minimum Gasteiger partial charge on any atom is -0.444 e. The van der Waals surface area contributed by atoms with Gasteiger partial charge in [0.1, 0.15) is 6.61 Å². The van der Waals surface area contributed by atoms with Crippen LogP contribution in [0.3, 0.4) is 0 Å². The lowest BCUT2D eigenvalue weighted by atomic mass is 9.85. The van der Waals surface area contributed by atoms with Gasteiger partial charge in [-0.25, -0.2) is 4.79 Å². The van der Waals surface area contributed by atoms with E-state index in [1.165, 1.54) is 5.56 Å². The lowest BCUT2D eigenvalue weighted by molar-refractivity contribution is -0.481. The number of ether oxygens (including phenoxy) is 2. The first-order chi connectivity index (χ1) is 18.5. The Morgan fingerprint density at radius 1 is 1.11 bits per heavy atom. The van der Waals surface area contributed by atoms with Crippen molar-refractivity contribution in [3.8, 4) is 0 Å². The van der Waals surface area contributed by atoms with Crippen LogP contribution in [-0.2, 0) is 22.5 Å². The molecule has 3 aromatic rings. The van der Waals surface area contributed by atoms with E-state index in [-0.39, 0.29) is 18.1 Å². The summed E-state index contributed by atoms with van der Waals surface area (Å²) in [6, 6.07) is 21.4. The number of carbonyl (C=O) groups excluding carboxylic acids is 1. The number of allylic oxidation sites excluding steroid dienone is 1. The van der Waals surface area contributed by atoms with Crippen LogP contribution in [0.15, 0.2) is 72.8 Å². The quantitative estimate of drug-likeness (QED) is 0.312. The summed E-state index contributed by atoms with van der Waals surface area (Å²) in [7, 11) is 0. The number of nitrogens with zero attached hydrogens (tertiary/aromatic N) is 2. The average Bonchev–Trinajstić information content (AvgIpc) is 3.36. The molecule has 1 atom stereocenters. The van der Waals surface area contributed by atoms with E-state index in [1.54, 1.807) is 6.07 Å². The smallest absolute Gasteiger partial charge is 0.411 e. The Kier molecular flexibility index (Phi) is 7.70. The van der Waals surface area contributed by atoms with Gasteiger partial charge in [0.25, 0.3) is 0 Å². The van der Waals surface area contributed by atoms with Crippen LogP contribution in [0.2, 0.25) is 0 Å². The molecule has 1 unspecified atom stereocenters. The highest BCUT2D eigenvalue weighted by Crippen LogP contribution is 2.42. The first kappa shape index (κ1) is 25.5. The van der Waals surface area contributed by atoms with Crippen LogP contribution in [0.25, 0.3) is 5.57 Å². The number of hydrogen-bond acceptors (Lipinski definition) is 6. The van der Waals surface area contributed by atoms with Gasteiger partial charge in [-0.2, -0.15) is 0 Å². The minimum atomic E-state index is -0.569. The van der Waals surface area contributed by atoms with Gasteiger partial charge in [0.2, 0.25) is 6.54 Å². The summed E-state index contributed by atoms with van der Waals surface area (Å²) in [5.74, 6) is -0.442. The van der Waals surface area contributed by atoms with Crippen molar-refractivity contribution in [2.45, 2.75) is 25.9 Å². The lowest BCUT2D eigenvalue weighted by Crippen LogP contribution is -2.36. The predicted molar refractivity (Wildman–Crippen MR) is 147 cm³/mol. The zero-order chi connectivity index (χ0) is 26.5. The maximum absolute atomic E-state index is 12.5. The summed E-state index contributed by atoms with van der Waals surface area (Å²) >= 11 is 0. The van der Waals surface area contributed by atoms with E-state index in [0.29, 0.717) is 5.69 Å². The summed E-state index contributed by atoms with van der Waals surface area (Å²) < 4.78 is 10.9. The molecule has 1 N–H and O–H groups in total. The van der Waals surface area contributed by atoms with Gasteiger partial charge in [0, 0.05) is 29.4 Å². The van der Waals surface area contributed by atoms with E-state index in [1.807, 2.05) is 49.4 Å². The van der Waals surface area contributed by atoms with E-state index in [0.717, 1.165) is 66.2 Å². The topological polar surface area (TPSA) is 93.9 Å². The van der Waals surface area contributed by atoms with Crippen molar-refractivity contribution in [2.75, 3.05) is 43.1 Å². The molecule has 0 bridgehead atoms. The van der Waals surface area contributed by atoms with Crippen LogP contribution in [0.1, 0.15) is 33.7 Å². The molecular weight excluding hydrogens is 482 g/mol. The predicted octanol–water partition coefficient (Wildman–Crippen LogP) is 5.58. The molecule has 1 saturated heterocycles. The number of rotatable bonds is 8. The summed E-state index contributed by atoms with van der Waals surface area (Å²) in [5.41, 5.74) is 7.41. The Balaban J connectivity index is 1.36. The summed E-state index contributed by atoms with van der Waals surface area (Å²) in [6.07, 6.45) is 2.27. The van der Waals surface area contributed by atoms with Crippen LogP contribution in [-0.4, -0.2) is 43.9 Å². The Morgan fingerprint density at radius 3 is 2.66 bits per heavy atom. The van der Waals surface area contributed by atoms with Crippen molar-refractivity contribution >= 4 is 23.0 Å². The second-order valence-electron chi connectivity index (χ2n) is 9.58. The van der Waals surface area contributed by atoms with Crippen LogP contribution in [0, 0.1) is 17.0 Å². The number of carbonyl (C=O) groups is 1. The van der Waals surface area contributed by atoms with Gasteiger partial charge in [-0.3, -0.25) is 15.4 Å². The second kappa shape index (κ2) is 11.5. The maximum Gasteiger partial charge on any atom is 0.411 e. The van der Waals surface area contributed by atoms with E-state index in [4.69, 9.17) is 9.47 Å². The Labute approximate surface area is 222 Å². The third kappa shape index (κ3) is 5.70. The van der Waals surface area contributed by atoms with Gasteiger partial charge in [-0.15, -0.1) is 0 Å². The summed E-state index contributed by atoms with van der Waals surface area (Å²) in [4.78, 5) is 26.3. The molecule has 0 radical (unpaired) electrons. The third-order valence-electron chi connectivity index (χ3n) is 7.23. The molecule has 0 saturated carbocycles. The molecule has 196 valence electrons. The molecule has 0 aromatic heterocycles. The molecular formula is C30H31N3O5. The average molecular weight is 514 g/mol. The van der Waals surface area contributed by atoms with Crippen molar-refractivity contribution in [1.29, 1.82) is 0 Å². The number of nitro groups is 1. The Hall–Kier alpha value is -4.17. The number of anilines is 2. The summed E-state index contributed by atoms with van der Waals surface area (Å²) in [6.45, 7) is 4.95. The van der Waals surface area contributed by atoms with Gasteiger partial charge >= 0.3 is 6.09 Å². The molecule has 8 heteroatoms. The largest absolute Gasteiger partial charge is 0.444 e. The molecule has 1 heterocycles. The highest BCUT2D eigenvalue weighted by atomic mass is 16.6. The first-order valence-corrected chi connectivity index (χ1v) is 12.8. The van der Waals surface area contributed by atoms with Crippen molar-refractivity contribution in [1.82, 2.24) is 0 Å². The van der Waals surface area contributed by atoms with Crippen LogP contribution >= 0.6 is 0 Å². The SMILES string of the molecule is Cc1c(NC(=O)OCc2ccccc2)cccc1C(C[N+](=O)[O-])C1=CCc2cc(N3CCOCC3)ccc21.